The maximum Gasteiger partial charge on any atom is 0.308 e. The zero-order chi connectivity index (χ0) is 22.4. The molecule has 4 heteroatoms. The molecule has 0 atom stereocenters. The Bertz CT molecular complexity index is 1180. The maximum atomic E-state index is 13.8. The Labute approximate surface area is 188 Å². The van der Waals surface area contributed by atoms with Gasteiger partial charge in [0.1, 0.15) is 5.75 Å². The average molecular weight is 438 g/mol. The van der Waals surface area contributed by atoms with Crippen molar-refractivity contribution in [1.29, 1.82) is 0 Å². The quantitative estimate of drug-likeness (QED) is 0.191. The molecule has 0 aromatic heterocycles. The average Bonchev–Trinajstić information content (AvgIpc) is 2.84. The van der Waals surface area contributed by atoms with E-state index >= 15 is 0 Å². The van der Waals surface area contributed by atoms with Gasteiger partial charge in [-0.15, -0.1) is 0 Å². The number of ether oxygens (including phenoxy) is 1. The normalized spacial score (nSPS) is 10.9. The van der Waals surface area contributed by atoms with E-state index in [1.165, 1.54) is 6.92 Å². The molecule has 0 unspecified atom stereocenters. The Hall–Kier alpha value is -3.68. The third-order valence-electron chi connectivity index (χ3n) is 5.21. The third-order valence-corrected chi connectivity index (χ3v) is 9.17. The van der Waals surface area contributed by atoms with E-state index in [2.05, 4.69) is 36.4 Å². The van der Waals surface area contributed by atoms with E-state index in [1.807, 2.05) is 60.4 Å². The van der Waals surface area contributed by atoms with Gasteiger partial charge in [0.15, 0.2) is 5.78 Å². The molecule has 0 spiro atoms. The van der Waals surface area contributed by atoms with Gasteiger partial charge in [0, 0.05) is 6.92 Å². The monoisotopic (exact) mass is 438 g/mol. The van der Waals surface area contributed by atoms with Crippen molar-refractivity contribution in [2.24, 2.45) is 0 Å². The summed E-state index contributed by atoms with van der Waals surface area (Å²) in [7, 11) is 0. The summed E-state index contributed by atoms with van der Waals surface area (Å²) < 4.78 is 5.33. The van der Waals surface area contributed by atoms with Crippen molar-refractivity contribution in [3.8, 4) is 5.75 Å². The lowest BCUT2D eigenvalue weighted by molar-refractivity contribution is -0.131. The minimum atomic E-state index is -2.44. The number of hydrogen-bond donors (Lipinski definition) is 0. The molecule has 3 nitrogen and oxygen atoms in total. The largest absolute Gasteiger partial charge is 0.426 e. The summed E-state index contributed by atoms with van der Waals surface area (Å²) in [5, 5.41) is 3.24. The van der Waals surface area contributed by atoms with Gasteiger partial charge in [-0.2, -0.15) is 0 Å². The molecule has 4 rings (SSSR count). The van der Waals surface area contributed by atoms with Crippen LogP contribution in [-0.2, 0) is 4.79 Å². The number of benzene rings is 4. The fraction of sp³-hybridized carbons (Fsp3) is 0.0357. The van der Waals surface area contributed by atoms with Crippen LogP contribution in [0.1, 0.15) is 17.3 Å². The van der Waals surface area contributed by atoms with Crippen LogP contribution in [-0.4, -0.2) is 17.5 Å². The van der Waals surface area contributed by atoms with Crippen LogP contribution < -0.4 is 20.7 Å². The zero-order valence-electron chi connectivity index (χ0n) is 17.7. The molecular weight excluding hydrogens is 415 g/mol. The van der Waals surface area contributed by atoms with Crippen molar-refractivity contribution in [2.45, 2.75) is 6.92 Å². The van der Waals surface area contributed by atoms with Gasteiger partial charge in [-0.1, -0.05) is 103 Å². The van der Waals surface area contributed by atoms with E-state index in [0.717, 1.165) is 15.9 Å². The van der Waals surface area contributed by atoms with Gasteiger partial charge in [0.25, 0.3) is 0 Å². The molecular formula is C28H23O3P. The molecule has 32 heavy (non-hydrogen) atoms. The Morgan fingerprint density at radius 1 is 0.625 bits per heavy atom. The minimum absolute atomic E-state index is 0.174. The molecule has 0 fully saturated rings. The lowest BCUT2D eigenvalue weighted by Crippen LogP contribution is -2.28. The second kappa shape index (κ2) is 9.64. The highest BCUT2D eigenvalue weighted by Crippen LogP contribution is 2.44. The SMILES string of the molecule is CC(=O)Oc1ccccc1C(=O)C=P(c1ccccc1)(c1ccccc1)c1ccccc1. The van der Waals surface area contributed by atoms with E-state index < -0.39 is 12.9 Å². The number of carbonyl (C=O) groups is 2. The first-order valence-corrected chi connectivity index (χ1v) is 12.2. The van der Waals surface area contributed by atoms with Crippen molar-refractivity contribution < 1.29 is 14.3 Å². The van der Waals surface area contributed by atoms with Gasteiger partial charge in [0.2, 0.25) is 0 Å². The zero-order valence-corrected chi connectivity index (χ0v) is 18.6. The van der Waals surface area contributed by atoms with Gasteiger partial charge in [-0.05, 0) is 40.7 Å². The van der Waals surface area contributed by atoms with Crippen LogP contribution in [0.3, 0.4) is 0 Å². The predicted octanol–water partition coefficient (Wildman–Crippen LogP) is 4.59. The van der Waals surface area contributed by atoms with Crippen LogP contribution in [0.2, 0.25) is 0 Å². The summed E-state index contributed by atoms with van der Waals surface area (Å²) in [5.74, 6) is 1.48. The number of esters is 1. The molecule has 0 aliphatic rings. The topological polar surface area (TPSA) is 43.4 Å². The number of carbonyl (C=O) groups excluding carboxylic acids is 2. The van der Waals surface area contributed by atoms with Gasteiger partial charge in [0.05, 0.1) is 5.56 Å². The van der Waals surface area contributed by atoms with Crippen LogP contribution in [0.5, 0.6) is 5.75 Å². The van der Waals surface area contributed by atoms with Crippen LogP contribution in [0.15, 0.2) is 115 Å². The molecule has 0 saturated heterocycles. The first-order chi connectivity index (χ1) is 15.6. The molecule has 0 N–H and O–H groups in total. The Morgan fingerprint density at radius 2 is 1.03 bits per heavy atom. The van der Waals surface area contributed by atoms with E-state index in [1.54, 1.807) is 24.3 Å². The maximum absolute atomic E-state index is 13.8. The summed E-state index contributed by atoms with van der Waals surface area (Å²) in [6.45, 7) is -1.11. The van der Waals surface area contributed by atoms with Crippen LogP contribution >= 0.6 is 6.89 Å². The van der Waals surface area contributed by atoms with Gasteiger partial charge in [-0.25, -0.2) is 0 Å². The van der Waals surface area contributed by atoms with Crippen molar-refractivity contribution in [3.63, 3.8) is 0 Å². The highest BCUT2D eigenvalue weighted by atomic mass is 31.2. The van der Waals surface area contributed by atoms with Gasteiger partial charge >= 0.3 is 5.97 Å². The number of ketones is 1. The predicted molar refractivity (Wildman–Crippen MR) is 133 cm³/mol. The smallest absolute Gasteiger partial charge is 0.308 e. The van der Waals surface area contributed by atoms with Crippen molar-refractivity contribution >= 4 is 40.3 Å². The Morgan fingerprint density at radius 3 is 1.47 bits per heavy atom. The lowest BCUT2D eigenvalue weighted by Gasteiger charge is -2.28. The number of para-hydroxylation sites is 1. The molecule has 0 radical (unpaired) electrons. The summed E-state index contributed by atoms with van der Waals surface area (Å²) >= 11 is 0. The summed E-state index contributed by atoms with van der Waals surface area (Å²) in [6, 6.07) is 37.3. The molecule has 0 saturated carbocycles. The highest BCUT2D eigenvalue weighted by molar-refractivity contribution is 7.95. The molecule has 0 bridgehead atoms. The molecule has 4 aromatic carbocycles. The van der Waals surface area contributed by atoms with Crippen molar-refractivity contribution in [2.75, 3.05) is 0 Å². The molecule has 0 heterocycles. The molecule has 158 valence electrons. The Kier molecular flexibility index (Phi) is 6.49. The van der Waals surface area contributed by atoms with Crippen LogP contribution in [0.25, 0.3) is 0 Å². The number of rotatable bonds is 6. The fourth-order valence-corrected chi connectivity index (χ4v) is 7.58. The van der Waals surface area contributed by atoms with E-state index in [-0.39, 0.29) is 11.5 Å². The van der Waals surface area contributed by atoms with Crippen molar-refractivity contribution in [1.82, 2.24) is 0 Å². The standard InChI is InChI=1S/C28H23O3P/c1-22(29)31-28-20-12-11-19-26(28)27(30)21-32(23-13-5-2-6-14-23,24-15-7-3-8-16-24)25-17-9-4-10-18-25/h2-21H,1H3. The van der Waals surface area contributed by atoms with E-state index in [0.29, 0.717) is 5.56 Å². The minimum Gasteiger partial charge on any atom is -0.426 e. The third kappa shape index (κ3) is 4.34. The molecule has 4 aromatic rings. The van der Waals surface area contributed by atoms with Crippen molar-refractivity contribution in [3.05, 3.63) is 121 Å². The summed E-state index contributed by atoms with van der Waals surface area (Å²) in [4.78, 5) is 25.4. The lowest BCUT2D eigenvalue weighted by atomic mass is 10.1. The van der Waals surface area contributed by atoms with Gasteiger partial charge < -0.3 is 4.74 Å². The second-order valence-corrected chi connectivity index (χ2v) is 10.6. The Balaban J connectivity index is 2.04. The highest BCUT2D eigenvalue weighted by Gasteiger charge is 2.27. The molecule has 0 aliphatic heterocycles. The fourth-order valence-electron chi connectivity index (χ4n) is 3.82. The summed E-state index contributed by atoms with van der Waals surface area (Å²) in [5.41, 5.74) is 0.370. The number of hydrogen-bond acceptors (Lipinski definition) is 3. The second-order valence-electron chi connectivity index (χ2n) is 7.31. The number of Topliss-reactive ketones (excluding diaryl/α,β-unsaturated/α-hetero) is 1. The summed E-state index contributed by atoms with van der Waals surface area (Å²) in [6.07, 6.45) is 0. The molecule has 0 amide bonds. The first kappa shape index (κ1) is 21.5. The van der Waals surface area contributed by atoms with E-state index in [9.17, 15) is 9.59 Å². The van der Waals surface area contributed by atoms with Crippen LogP contribution in [0, 0.1) is 0 Å². The molecule has 0 aliphatic carbocycles. The van der Waals surface area contributed by atoms with E-state index in [4.69, 9.17) is 4.74 Å². The van der Waals surface area contributed by atoms with Crippen LogP contribution in [0.4, 0.5) is 0 Å². The first-order valence-electron chi connectivity index (χ1n) is 10.3. The van der Waals surface area contributed by atoms with Gasteiger partial charge in [-0.3, -0.25) is 9.59 Å².